The maximum absolute atomic E-state index is 12.9. The highest BCUT2D eigenvalue weighted by molar-refractivity contribution is 9.11. The Morgan fingerprint density at radius 2 is 1.08 bits per heavy atom. The largest absolute Gasteiger partial charge is 0.391 e. The van der Waals surface area contributed by atoms with Crippen LogP contribution in [0, 0.1) is 0 Å². The molecule has 2 heterocycles. The smallest absolute Gasteiger partial charge is 0.244 e. The molecule has 4 amide bonds. The maximum Gasteiger partial charge on any atom is 0.244 e. The van der Waals surface area contributed by atoms with Gasteiger partial charge in [-0.2, -0.15) is 0 Å². The third-order valence-electron chi connectivity index (χ3n) is 9.81. The fraction of sp³-hybridized carbons (Fsp3) is 0.273. The van der Waals surface area contributed by atoms with Crippen molar-refractivity contribution in [3.63, 3.8) is 0 Å². The molecule has 4 aromatic rings. The average molecular weight is 986 g/mol. The second kappa shape index (κ2) is 21.0. The molecule has 0 aliphatic carbocycles. The SMILES string of the molecule is O=C(/C=C/c1ccc(Sc2ccc(/C=C/C(=O)NCCCN3C[C@H](O)CC3=O)c(-c3ccccc3Br)c2Cl)c(Cl)c1-c1ccccc1Br)NCCCN1C[C@H](O)CC1=O. The second-order valence-corrected chi connectivity index (χ2v) is 17.6. The van der Waals surface area contributed by atoms with Gasteiger partial charge in [0, 0.05) is 81.3 Å². The Labute approximate surface area is 374 Å². The maximum atomic E-state index is 12.9. The molecule has 10 nitrogen and oxygen atoms in total. The zero-order valence-electron chi connectivity index (χ0n) is 31.8. The van der Waals surface area contributed by atoms with Gasteiger partial charge in [0.1, 0.15) is 0 Å². The van der Waals surface area contributed by atoms with E-state index in [0.29, 0.717) is 62.2 Å². The minimum atomic E-state index is -0.633. The van der Waals surface area contributed by atoms with E-state index in [0.717, 1.165) is 52.1 Å². The summed E-state index contributed by atoms with van der Waals surface area (Å²) in [5.74, 6) is -0.741. The number of halogens is 4. The van der Waals surface area contributed by atoms with Crippen LogP contribution in [0.25, 0.3) is 34.4 Å². The van der Waals surface area contributed by atoms with Crippen LogP contribution in [-0.4, -0.2) is 95.1 Å². The zero-order valence-corrected chi connectivity index (χ0v) is 37.3. The van der Waals surface area contributed by atoms with Gasteiger partial charge in [-0.05, 0) is 71.5 Å². The van der Waals surface area contributed by atoms with Crippen molar-refractivity contribution in [1.82, 2.24) is 20.4 Å². The molecule has 0 unspecified atom stereocenters. The molecule has 2 aliphatic heterocycles. The van der Waals surface area contributed by atoms with Crippen molar-refractivity contribution in [3.05, 3.63) is 115 Å². The molecule has 15 heteroatoms. The van der Waals surface area contributed by atoms with Gasteiger partial charge < -0.3 is 30.6 Å². The van der Waals surface area contributed by atoms with Crippen LogP contribution in [0.5, 0.6) is 0 Å². The summed E-state index contributed by atoms with van der Waals surface area (Å²) in [7, 11) is 0. The molecule has 2 fully saturated rings. The van der Waals surface area contributed by atoms with E-state index in [9.17, 15) is 29.4 Å². The van der Waals surface area contributed by atoms with Crippen molar-refractivity contribution < 1.29 is 29.4 Å². The molecule has 0 bridgehead atoms. The van der Waals surface area contributed by atoms with E-state index in [2.05, 4.69) is 42.5 Å². The van der Waals surface area contributed by atoms with E-state index in [4.69, 9.17) is 23.2 Å². The van der Waals surface area contributed by atoms with Gasteiger partial charge in [0.2, 0.25) is 23.6 Å². The average Bonchev–Trinajstić information content (AvgIpc) is 3.72. The van der Waals surface area contributed by atoms with E-state index in [1.165, 1.54) is 23.9 Å². The number of carbonyl (C=O) groups is 4. The van der Waals surface area contributed by atoms with Crippen molar-refractivity contribution in [3.8, 4) is 22.3 Å². The van der Waals surface area contributed by atoms with E-state index in [-0.39, 0.29) is 36.5 Å². The number of rotatable bonds is 16. The van der Waals surface area contributed by atoms with Gasteiger partial charge in [-0.1, -0.05) is 115 Å². The molecular formula is C44H42Br2Cl2N4O6S. The van der Waals surface area contributed by atoms with Crippen LogP contribution >= 0.6 is 66.8 Å². The molecule has 0 saturated carbocycles. The first kappa shape index (κ1) is 44.6. The van der Waals surface area contributed by atoms with Gasteiger partial charge in [0.05, 0.1) is 35.1 Å². The molecule has 59 heavy (non-hydrogen) atoms. The van der Waals surface area contributed by atoms with Crippen molar-refractivity contribution in [2.45, 2.75) is 47.7 Å². The van der Waals surface area contributed by atoms with Crippen LogP contribution in [0.3, 0.4) is 0 Å². The Balaban J connectivity index is 1.21. The number of nitrogens with one attached hydrogen (secondary N) is 2. The van der Waals surface area contributed by atoms with Crippen LogP contribution in [-0.2, 0) is 19.2 Å². The fourth-order valence-corrected chi connectivity index (χ4v) is 9.56. The van der Waals surface area contributed by atoms with Crippen molar-refractivity contribution in [2.75, 3.05) is 39.3 Å². The third-order valence-corrected chi connectivity index (χ3v) is 13.3. The Bertz CT molecular complexity index is 2130. The Morgan fingerprint density at radius 3 is 1.46 bits per heavy atom. The Kier molecular flexibility index (Phi) is 15.9. The standard InChI is InChI=1S/C44H42Br2Cl2N4O6S/c45-33-9-3-1-7-31(33)41-27(13-17-37(55)49-19-5-21-51-25-29(53)23-39(51)57)11-15-35(43(41)47)59-36-16-12-28(42(44(36)48)32-8-2-4-10-34(32)46)14-18-38(56)50-20-6-22-52-26-30(54)24-40(52)58/h1-4,7-18,29-30,53-54H,5-6,19-26H2,(H,49,55)(H,50,56)/b17-13+,18-14+/t29-,30-/m1/s1. The summed E-state index contributed by atoms with van der Waals surface area (Å²) in [6.07, 6.45) is 6.50. The Morgan fingerprint density at radius 1 is 0.678 bits per heavy atom. The monoisotopic (exact) mass is 982 g/mol. The van der Waals surface area contributed by atoms with Crippen molar-refractivity contribution in [2.24, 2.45) is 0 Å². The highest BCUT2D eigenvalue weighted by atomic mass is 79.9. The lowest BCUT2D eigenvalue weighted by Gasteiger charge is -2.17. The third kappa shape index (κ3) is 11.7. The van der Waals surface area contributed by atoms with Gasteiger partial charge in [0.25, 0.3) is 0 Å². The number of hydrogen-bond donors (Lipinski definition) is 4. The lowest BCUT2D eigenvalue weighted by Crippen LogP contribution is -2.30. The van der Waals surface area contributed by atoms with Gasteiger partial charge >= 0.3 is 0 Å². The molecule has 6 rings (SSSR count). The quantitative estimate of drug-likeness (QED) is 0.0656. The topological polar surface area (TPSA) is 139 Å². The van der Waals surface area contributed by atoms with Crippen LogP contribution < -0.4 is 10.6 Å². The first-order valence-electron chi connectivity index (χ1n) is 19.1. The number of β-amino-alcohol motifs (C(OH)–C–C–N with tert-alkyl or cyclic N) is 2. The van der Waals surface area contributed by atoms with Gasteiger partial charge in [-0.3, -0.25) is 19.2 Å². The van der Waals surface area contributed by atoms with E-state index < -0.39 is 12.2 Å². The minimum Gasteiger partial charge on any atom is -0.391 e. The van der Waals surface area contributed by atoms with Crippen LogP contribution in [0.2, 0.25) is 10.0 Å². The molecule has 0 spiro atoms. The molecule has 2 aliphatic rings. The van der Waals surface area contributed by atoms with Crippen LogP contribution in [0.1, 0.15) is 36.8 Å². The molecular weight excluding hydrogens is 943 g/mol. The number of benzene rings is 4. The molecule has 2 atom stereocenters. The molecule has 0 radical (unpaired) electrons. The summed E-state index contributed by atoms with van der Waals surface area (Å²) in [4.78, 5) is 54.3. The van der Waals surface area contributed by atoms with Gasteiger partial charge in [-0.15, -0.1) is 0 Å². The van der Waals surface area contributed by atoms with Crippen molar-refractivity contribution >= 4 is 103 Å². The highest BCUT2D eigenvalue weighted by Crippen LogP contribution is 2.48. The number of nitrogens with zero attached hydrogens (tertiary/aromatic N) is 2. The summed E-state index contributed by atoms with van der Waals surface area (Å²) in [6.45, 7) is 2.31. The molecule has 0 aromatic heterocycles. The highest BCUT2D eigenvalue weighted by Gasteiger charge is 2.28. The van der Waals surface area contributed by atoms with Crippen LogP contribution in [0.15, 0.2) is 104 Å². The predicted molar refractivity (Wildman–Crippen MR) is 241 cm³/mol. The lowest BCUT2D eigenvalue weighted by atomic mass is 9.99. The van der Waals surface area contributed by atoms with Crippen molar-refractivity contribution in [1.29, 1.82) is 0 Å². The summed E-state index contributed by atoms with van der Waals surface area (Å²) in [6, 6.07) is 23.0. The molecule has 4 aromatic carbocycles. The number of likely N-dealkylation sites (tertiary alicyclic amines) is 2. The van der Waals surface area contributed by atoms with E-state index in [1.807, 2.05) is 72.8 Å². The Hall–Kier alpha value is -3.95. The molecule has 308 valence electrons. The van der Waals surface area contributed by atoms with E-state index in [1.54, 1.807) is 22.0 Å². The number of aliphatic hydroxyl groups excluding tert-OH is 2. The summed E-state index contributed by atoms with van der Waals surface area (Å²) >= 11 is 23.3. The van der Waals surface area contributed by atoms with E-state index >= 15 is 0 Å². The molecule has 2 saturated heterocycles. The number of carbonyl (C=O) groups excluding carboxylic acids is 4. The number of amides is 4. The number of hydrogen-bond acceptors (Lipinski definition) is 7. The first-order valence-corrected chi connectivity index (χ1v) is 22.2. The van der Waals surface area contributed by atoms with Crippen LogP contribution in [0.4, 0.5) is 0 Å². The predicted octanol–water partition coefficient (Wildman–Crippen LogP) is 8.23. The summed E-state index contributed by atoms with van der Waals surface area (Å²) < 4.78 is 1.64. The zero-order chi connectivity index (χ0) is 42.1. The fourth-order valence-electron chi connectivity index (χ4n) is 6.92. The summed E-state index contributed by atoms with van der Waals surface area (Å²) in [5.41, 5.74) is 4.55. The molecule has 4 N–H and O–H groups in total. The normalized spacial score (nSPS) is 16.8. The summed E-state index contributed by atoms with van der Waals surface area (Å²) in [5, 5.41) is 26.1. The minimum absolute atomic E-state index is 0.0788. The first-order chi connectivity index (χ1) is 28.4. The van der Waals surface area contributed by atoms with Gasteiger partial charge in [-0.25, -0.2) is 0 Å². The number of aliphatic hydroxyl groups is 2. The lowest BCUT2D eigenvalue weighted by molar-refractivity contribution is -0.128. The second-order valence-electron chi connectivity index (χ2n) is 14.1. The van der Waals surface area contributed by atoms with Gasteiger partial charge in [0.15, 0.2) is 0 Å².